The van der Waals surface area contributed by atoms with Crippen LogP contribution in [-0.4, -0.2) is 23.5 Å². The maximum atomic E-state index is 12.4. The van der Waals surface area contributed by atoms with E-state index in [1.54, 1.807) is 42.5 Å². The molecule has 0 aromatic heterocycles. The second kappa shape index (κ2) is 7.58. The molecule has 7 heteroatoms. The van der Waals surface area contributed by atoms with E-state index in [1.807, 2.05) is 0 Å². The van der Waals surface area contributed by atoms with Gasteiger partial charge in [-0.25, -0.2) is 0 Å². The molecule has 3 atom stereocenters. The lowest BCUT2D eigenvalue weighted by Crippen LogP contribution is -2.39. The van der Waals surface area contributed by atoms with Crippen molar-refractivity contribution in [2.75, 3.05) is 0 Å². The van der Waals surface area contributed by atoms with Crippen molar-refractivity contribution < 1.29 is 14.4 Å². The summed E-state index contributed by atoms with van der Waals surface area (Å²) in [5.41, 5.74) is 6.83. The van der Waals surface area contributed by atoms with Crippen LogP contribution in [0.2, 0.25) is 10.0 Å². The van der Waals surface area contributed by atoms with Crippen molar-refractivity contribution in [1.29, 1.82) is 0 Å². The van der Waals surface area contributed by atoms with Crippen molar-refractivity contribution in [3.8, 4) is 0 Å². The summed E-state index contributed by atoms with van der Waals surface area (Å²) in [6, 6.07) is 11.9. The molecule has 1 aliphatic rings. The second-order valence-electron chi connectivity index (χ2n) is 6.17. The second-order valence-corrected chi connectivity index (χ2v) is 6.98. The third-order valence-corrected chi connectivity index (χ3v) is 5.05. The number of ketones is 2. The van der Waals surface area contributed by atoms with Gasteiger partial charge in [0.2, 0.25) is 5.78 Å². The van der Waals surface area contributed by atoms with Crippen molar-refractivity contribution in [3.63, 3.8) is 0 Å². The van der Waals surface area contributed by atoms with Crippen LogP contribution in [0.3, 0.4) is 0 Å². The van der Waals surface area contributed by atoms with Gasteiger partial charge in [-0.15, -0.1) is 0 Å². The molecule has 1 fully saturated rings. The highest BCUT2D eigenvalue weighted by Crippen LogP contribution is 2.35. The van der Waals surface area contributed by atoms with Crippen LogP contribution in [0, 0.1) is 5.92 Å². The van der Waals surface area contributed by atoms with E-state index >= 15 is 0 Å². The Kier molecular flexibility index (Phi) is 5.41. The van der Waals surface area contributed by atoms with Crippen molar-refractivity contribution in [2.45, 2.75) is 18.5 Å². The highest BCUT2D eigenvalue weighted by Gasteiger charge is 2.45. The first kappa shape index (κ1) is 18.6. The van der Waals surface area contributed by atoms with Gasteiger partial charge in [-0.2, -0.15) is 0 Å². The maximum Gasteiger partial charge on any atom is 0.289 e. The minimum absolute atomic E-state index is 0.145. The van der Waals surface area contributed by atoms with Crippen molar-refractivity contribution in [3.05, 3.63) is 69.7 Å². The molecule has 0 saturated heterocycles. The number of hydrogen-bond acceptors (Lipinski definition) is 4. The average Bonchev–Trinajstić information content (AvgIpc) is 3.41. The molecule has 1 unspecified atom stereocenters. The molecule has 1 amide bonds. The predicted octanol–water partition coefficient (Wildman–Crippen LogP) is 2.95. The summed E-state index contributed by atoms with van der Waals surface area (Å²) in [7, 11) is 0. The number of carbonyl (C=O) groups excluding carboxylic acids is 3. The van der Waals surface area contributed by atoms with E-state index < -0.39 is 17.7 Å². The monoisotopic (exact) mass is 390 g/mol. The molecule has 0 heterocycles. The summed E-state index contributed by atoms with van der Waals surface area (Å²) < 4.78 is 0. The molecule has 0 spiro atoms. The van der Waals surface area contributed by atoms with Gasteiger partial charge >= 0.3 is 0 Å². The molecule has 26 heavy (non-hydrogen) atoms. The first-order valence-electron chi connectivity index (χ1n) is 8.03. The third kappa shape index (κ3) is 3.96. The number of amides is 1. The number of Topliss-reactive ketones (excluding diaryl/α,β-unsaturated/α-hetero) is 2. The van der Waals surface area contributed by atoms with Crippen LogP contribution >= 0.6 is 23.2 Å². The molecule has 0 radical (unpaired) electrons. The minimum Gasteiger partial charge on any atom is -0.346 e. The Balaban J connectivity index is 1.59. The molecular formula is C19H16Cl2N2O3. The Labute approximate surface area is 160 Å². The molecular weight excluding hydrogens is 375 g/mol. The van der Waals surface area contributed by atoms with Gasteiger partial charge in [-0.3, -0.25) is 14.4 Å². The van der Waals surface area contributed by atoms with Crippen LogP contribution in [-0.2, 0) is 9.59 Å². The SMILES string of the molecule is N[C@@H](C(=O)C(=O)N[C@@H]1CC1C(=O)c1ccc(Cl)c(Cl)c1)c1ccccc1. The lowest BCUT2D eigenvalue weighted by atomic mass is 10.0. The Morgan fingerprint density at radius 1 is 1.04 bits per heavy atom. The largest absolute Gasteiger partial charge is 0.346 e. The quantitative estimate of drug-likeness (QED) is 0.585. The van der Waals surface area contributed by atoms with E-state index in [2.05, 4.69) is 5.32 Å². The first-order chi connectivity index (χ1) is 12.4. The van der Waals surface area contributed by atoms with Gasteiger partial charge in [0.25, 0.3) is 5.91 Å². The van der Waals surface area contributed by atoms with Gasteiger partial charge in [0.15, 0.2) is 5.78 Å². The fourth-order valence-electron chi connectivity index (χ4n) is 2.70. The van der Waals surface area contributed by atoms with Crippen LogP contribution < -0.4 is 11.1 Å². The van der Waals surface area contributed by atoms with Gasteiger partial charge < -0.3 is 11.1 Å². The number of nitrogens with one attached hydrogen (secondary N) is 1. The van der Waals surface area contributed by atoms with Gasteiger partial charge in [0, 0.05) is 17.5 Å². The van der Waals surface area contributed by atoms with E-state index in [9.17, 15) is 14.4 Å². The fourth-order valence-corrected chi connectivity index (χ4v) is 3.00. The Bertz CT molecular complexity index is 870. The van der Waals surface area contributed by atoms with Crippen LogP contribution in [0.15, 0.2) is 48.5 Å². The van der Waals surface area contributed by atoms with Gasteiger partial charge in [0.1, 0.15) is 0 Å². The van der Waals surface area contributed by atoms with Crippen molar-refractivity contribution in [1.82, 2.24) is 5.32 Å². The van der Waals surface area contributed by atoms with Gasteiger partial charge in [0.05, 0.1) is 16.1 Å². The number of halogens is 2. The van der Waals surface area contributed by atoms with Crippen molar-refractivity contribution >= 4 is 40.7 Å². The number of carbonyl (C=O) groups is 3. The molecule has 134 valence electrons. The van der Waals surface area contributed by atoms with Crippen LogP contribution in [0.1, 0.15) is 28.4 Å². The standard InChI is InChI=1S/C19H16Cl2N2O3/c20-13-7-6-11(8-14(13)21)17(24)12-9-15(12)23-19(26)18(25)16(22)10-4-2-1-3-5-10/h1-8,12,15-16H,9,22H2,(H,23,26)/t12?,15-,16-/m1/s1. The minimum atomic E-state index is -1.03. The molecule has 0 aliphatic heterocycles. The summed E-state index contributed by atoms with van der Waals surface area (Å²) in [5, 5.41) is 3.24. The molecule has 1 saturated carbocycles. The molecule has 2 aromatic rings. The van der Waals surface area contributed by atoms with E-state index in [-0.39, 0.29) is 17.7 Å². The molecule has 1 aliphatic carbocycles. The zero-order chi connectivity index (χ0) is 18.8. The van der Waals surface area contributed by atoms with Crippen LogP contribution in [0.25, 0.3) is 0 Å². The molecule has 3 rings (SSSR count). The lowest BCUT2D eigenvalue weighted by Gasteiger charge is -2.11. The van der Waals surface area contributed by atoms with Crippen LogP contribution in [0.5, 0.6) is 0 Å². The third-order valence-electron chi connectivity index (χ3n) is 4.31. The average molecular weight is 391 g/mol. The predicted molar refractivity (Wildman–Crippen MR) is 99.2 cm³/mol. The van der Waals surface area contributed by atoms with E-state index in [0.717, 1.165) is 0 Å². The summed E-state index contributed by atoms with van der Waals surface area (Å²) in [6.07, 6.45) is 0.471. The van der Waals surface area contributed by atoms with E-state index in [1.165, 1.54) is 6.07 Å². The zero-order valence-corrected chi connectivity index (χ0v) is 15.1. The van der Waals surface area contributed by atoms with Gasteiger partial charge in [-0.05, 0) is 30.2 Å². The smallest absolute Gasteiger partial charge is 0.289 e. The number of benzene rings is 2. The number of rotatable bonds is 6. The summed E-state index contributed by atoms with van der Waals surface area (Å²) in [4.78, 5) is 36.7. The molecule has 3 N–H and O–H groups in total. The lowest BCUT2D eigenvalue weighted by molar-refractivity contribution is -0.138. The number of hydrogen-bond donors (Lipinski definition) is 2. The molecule has 2 aromatic carbocycles. The summed E-state index contributed by atoms with van der Waals surface area (Å²) >= 11 is 11.8. The van der Waals surface area contributed by atoms with Gasteiger partial charge in [-0.1, -0.05) is 53.5 Å². The van der Waals surface area contributed by atoms with E-state index in [0.29, 0.717) is 27.6 Å². The Hall–Kier alpha value is -2.21. The topological polar surface area (TPSA) is 89.3 Å². The Morgan fingerprint density at radius 3 is 2.38 bits per heavy atom. The highest BCUT2D eigenvalue weighted by molar-refractivity contribution is 6.42. The highest BCUT2D eigenvalue weighted by atomic mass is 35.5. The fraction of sp³-hybridized carbons (Fsp3) is 0.211. The maximum absolute atomic E-state index is 12.4. The summed E-state index contributed by atoms with van der Waals surface area (Å²) in [6.45, 7) is 0. The first-order valence-corrected chi connectivity index (χ1v) is 8.78. The van der Waals surface area contributed by atoms with Crippen molar-refractivity contribution in [2.24, 2.45) is 11.7 Å². The number of nitrogens with two attached hydrogens (primary N) is 1. The molecule has 5 nitrogen and oxygen atoms in total. The summed E-state index contributed by atoms with van der Waals surface area (Å²) in [5.74, 6) is -2.04. The van der Waals surface area contributed by atoms with Crippen LogP contribution in [0.4, 0.5) is 0 Å². The zero-order valence-electron chi connectivity index (χ0n) is 13.6. The van der Waals surface area contributed by atoms with E-state index in [4.69, 9.17) is 28.9 Å². The molecule has 0 bridgehead atoms. The Morgan fingerprint density at radius 2 is 1.73 bits per heavy atom. The normalized spacial score (nSPS) is 19.5.